The van der Waals surface area contributed by atoms with E-state index in [0.717, 1.165) is 39.1 Å². The minimum absolute atomic E-state index is 0.243. The number of methoxy groups -OCH3 is 1. The molecule has 0 spiro atoms. The zero-order chi connectivity index (χ0) is 11.0. The van der Waals surface area contributed by atoms with Crippen LogP contribution in [0.3, 0.4) is 0 Å². The maximum absolute atomic E-state index is 6.04. The van der Waals surface area contributed by atoms with Crippen molar-refractivity contribution >= 4 is 11.6 Å². The maximum atomic E-state index is 6.04. The highest BCUT2D eigenvalue weighted by Crippen LogP contribution is 2.35. The van der Waals surface area contributed by atoms with Crippen LogP contribution >= 0.6 is 11.6 Å². The van der Waals surface area contributed by atoms with Gasteiger partial charge in [-0.15, -0.1) is 11.6 Å². The summed E-state index contributed by atoms with van der Waals surface area (Å²) in [4.78, 5) is 0. The SMILES string of the molecule is COCCOCCC1(CCl)CCOCC1. The molecule has 1 rings (SSSR count). The molecule has 15 heavy (non-hydrogen) atoms. The van der Waals surface area contributed by atoms with Crippen LogP contribution in [0.2, 0.25) is 0 Å². The molecule has 0 aliphatic carbocycles. The topological polar surface area (TPSA) is 27.7 Å². The van der Waals surface area contributed by atoms with E-state index in [1.165, 1.54) is 0 Å². The van der Waals surface area contributed by atoms with Gasteiger partial charge in [0.05, 0.1) is 13.2 Å². The van der Waals surface area contributed by atoms with E-state index in [4.69, 9.17) is 25.8 Å². The number of halogens is 1. The highest BCUT2D eigenvalue weighted by Gasteiger charge is 2.31. The first-order valence-electron chi connectivity index (χ1n) is 5.53. The molecule has 0 unspecified atom stereocenters. The van der Waals surface area contributed by atoms with Gasteiger partial charge >= 0.3 is 0 Å². The third kappa shape index (κ3) is 4.68. The lowest BCUT2D eigenvalue weighted by atomic mass is 9.79. The average Bonchev–Trinajstić information content (AvgIpc) is 2.30. The Balaban J connectivity index is 2.15. The summed E-state index contributed by atoms with van der Waals surface area (Å²) in [6, 6.07) is 0. The molecule has 0 aromatic carbocycles. The van der Waals surface area contributed by atoms with Crippen LogP contribution in [0.1, 0.15) is 19.3 Å². The number of ether oxygens (including phenoxy) is 3. The molecular formula is C11H21ClO3. The van der Waals surface area contributed by atoms with Gasteiger partial charge in [-0.3, -0.25) is 0 Å². The fourth-order valence-corrected chi connectivity index (χ4v) is 2.19. The third-order valence-electron chi connectivity index (χ3n) is 3.05. The van der Waals surface area contributed by atoms with Crippen molar-refractivity contribution in [1.82, 2.24) is 0 Å². The van der Waals surface area contributed by atoms with Gasteiger partial charge < -0.3 is 14.2 Å². The fourth-order valence-electron chi connectivity index (χ4n) is 1.79. The first-order valence-corrected chi connectivity index (χ1v) is 6.07. The third-order valence-corrected chi connectivity index (χ3v) is 3.61. The molecule has 90 valence electrons. The molecule has 0 bridgehead atoms. The van der Waals surface area contributed by atoms with Crippen LogP contribution in [0.5, 0.6) is 0 Å². The van der Waals surface area contributed by atoms with Gasteiger partial charge in [0.15, 0.2) is 0 Å². The van der Waals surface area contributed by atoms with E-state index in [1.54, 1.807) is 7.11 Å². The van der Waals surface area contributed by atoms with Crippen LogP contribution in [0, 0.1) is 5.41 Å². The van der Waals surface area contributed by atoms with Crippen molar-refractivity contribution in [2.75, 3.05) is 46.0 Å². The minimum Gasteiger partial charge on any atom is -0.382 e. The zero-order valence-electron chi connectivity index (χ0n) is 9.47. The summed E-state index contributed by atoms with van der Waals surface area (Å²) in [5, 5.41) is 0. The normalized spacial score (nSPS) is 20.4. The Labute approximate surface area is 97.0 Å². The molecule has 0 aromatic heterocycles. The Morgan fingerprint density at radius 3 is 2.53 bits per heavy atom. The predicted molar refractivity (Wildman–Crippen MR) is 60.5 cm³/mol. The van der Waals surface area contributed by atoms with Gasteiger partial charge in [-0.05, 0) is 24.7 Å². The Morgan fingerprint density at radius 1 is 1.20 bits per heavy atom. The van der Waals surface area contributed by atoms with Crippen molar-refractivity contribution in [3.8, 4) is 0 Å². The second kappa shape index (κ2) is 7.44. The molecule has 1 aliphatic heterocycles. The lowest BCUT2D eigenvalue weighted by Gasteiger charge is -2.35. The highest BCUT2D eigenvalue weighted by molar-refractivity contribution is 6.18. The molecule has 0 aromatic rings. The van der Waals surface area contributed by atoms with Crippen LogP contribution < -0.4 is 0 Å². The summed E-state index contributed by atoms with van der Waals surface area (Å²) >= 11 is 6.04. The molecule has 0 amide bonds. The molecule has 1 saturated heterocycles. The summed E-state index contributed by atoms with van der Waals surface area (Å²) in [5.41, 5.74) is 0.243. The standard InChI is InChI=1S/C11H21ClO3/c1-13-8-9-15-7-4-11(10-12)2-5-14-6-3-11/h2-10H2,1H3. The van der Waals surface area contributed by atoms with E-state index in [2.05, 4.69) is 0 Å². The van der Waals surface area contributed by atoms with E-state index in [0.29, 0.717) is 19.1 Å². The number of hydrogen-bond donors (Lipinski definition) is 0. The van der Waals surface area contributed by atoms with Crippen LogP contribution in [0.4, 0.5) is 0 Å². The molecule has 1 fully saturated rings. The Hall–Kier alpha value is 0.170. The quantitative estimate of drug-likeness (QED) is 0.500. The lowest BCUT2D eigenvalue weighted by Crippen LogP contribution is -2.32. The summed E-state index contributed by atoms with van der Waals surface area (Å²) in [5.74, 6) is 0.712. The van der Waals surface area contributed by atoms with Gasteiger partial charge in [0, 0.05) is 32.8 Å². The van der Waals surface area contributed by atoms with E-state index in [9.17, 15) is 0 Å². The monoisotopic (exact) mass is 236 g/mol. The molecule has 0 radical (unpaired) electrons. The van der Waals surface area contributed by atoms with E-state index in [-0.39, 0.29) is 5.41 Å². The molecular weight excluding hydrogens is 216 g/mol. The van der Waals surface area contributed by atoms with Crippen molar-refractivity contribution < 1.29 is 14.2 Å². The molecule has 1 aliphatic rings. The van der Waals surface area contributed by atoms with Crippen molar-refractivity contribution in [2.24, 2.45) is 5.41 Å². The highest BCUT2D eigenvalue weighted by atomic mass is 35.5. The second-order valence-corrected chi connectivity index (χ2v) is 4.37. The van der Waals surface area contributed by atoms with Gasteiger partial charge in [0.2, 0.25) is 0 Å². The second-order valence-electron chi connectivity index (χ2n) is 4.10. The smallest absolute Gasteiger partial charge is 0.0700 e. The lowest BCUT2D eigenvalue weighted by molar-refractivity contribution is -0.00146. The maximum Gasteiger partial charge on any atom is 0.0700 e. The average molecular weight is 237 g/mol. The van der Waals surface area contributed by atoms with Crippen LogP contribution in [0.15, 0.2) is 0 Å². The van der Waals surface area contributed by atoms with E-state index in [1.807, 2.05) is 0 Å². The van der Waals surface area contributed by atoms with Crippen molar-refractivity contribution in [2.45, 2.75) is 19.3 Å². The zero-order valence-corrected chi connectivity index (χ0v) is 10.2. The van der Waals surface area contributed by atoms with Gasteiger partial charge in [-0.25, -0.2) is 0 Å². The number of rotatable bonds is 7. The van der Waals surface area contributed by atoms with Gasteiger partial charge in [-0.1, -0.05) is 0 Å². The molecule has 1 heterocycles. The van der Waals surface area contributed by atoms with Crippen LogP contribution in [0.25, 0.3) is 0 Å². The summed E-state index contributed by atoms with van der Waals surface area (Å²) in [7, 11) is 1.68. The molecule has 4 heteroatoms. The summed E-state index contributed by atoms with van der Waals surface area (Å²) in [6.45, 7) is 3.79. The van der Waals surface area contributed by atoms with Gasteiger partial charge in [0.1, 0.15) is 0 Å². The fraction of sp³-hybridized carbons (Fsp3) is 1.00. The van der Waals surface area contributed by atoms with Crippen molar-refractivity contribution in [3.63, 3.8) is 0 Å². The molecule has 0 saturated carbocycles. The van der Waals surface area contributed by atoms with Crippen LogP contribution in [-0.2, 0) is 14.2 Å². The van der Waals surface area contributed by atoms with Crippen molar-refractivity contribution in [1.29, 1.82) is 0 Å². The molecule has 3 nitrogen and oxygen atoms in total. The van der Waals surface area contributed by atoms with Crippen LogP contribution in [-0.4, -0.2) is 46.0 Å². The Morgan fingerprint density at radius 2 is 1.93 bits per heavy atom. The first kappa shape index (κ1) is 13.2. The molecule has 0 N–H and O–H groups in total. The van der Waals surface area contributed by atoms with Gasteiger partial charge in [-0.2, -0.15) is 0 Å². The number of alkyl halides is 1. The Bertz CT molecular complexity index is 158. The molecule has 0 atom stereocenters. The number of hydrogen-bond acceptors (Lipinski definition) is 3. The first-order chi connectivity index (χ1) is 7.33. The largest absolute Gasteiger partial charge is 0.382 e. The summed E-state index contributed by atoms with van der Waals surface area (Å²) in [6.07, 6.45) is 3.15. The van der Waals surface area contributed by atoms with Crippen molar-refractivity contribution in [3.05, 3.63) is 0 Å². The minimum atomic E-state index is 0.243. The Kier molecular flexibility index (Phi) is 6.57. The predicted octanol–water partition coefficient (Wildman–Crippen LogP) is 2.08. The van der Waals surface area contributed by atoms with E-state index < -0.39 is 0 Å². The van der Waals surface area contributed by atoms with E-state index >= 15 is 0 Å². The van der Waals surface area contributed by atoms with Gasteiger partial charge in [0.25, 0.3) is 0 Å². The summed E-state index contributed by atoms with van der Waals surface area (Å²) < 4.78 is 15.7.